The lowest BCUT2D eigenvalue weighted by Crippen LogP contribution is -1.90. The molecule has 0 amide bonds. The van der Waals surface area contributed by atoms with Crippen molar-refractivity contribution in [3.63, 3.8) is 0 Å². The minimum absolute atomic E-state index is 0.0647. The van der Waals surface area contributed by atoms with Gasteiger partial charge in [-0.3, -0.25) is 0 Å². The lowest BCUT2D eigenvalue weighted by Gasteiger charge is -2.04. The van der Waals surface area contributed by atoms with Gasteiger partial charge in [-0.2, -0.15) is 0 Å². The maximum absolute atomic E-state index is 13.7. The summed E-state index contributed by atoms with van der Waals surface area (Å²) in [5, 5.41) is 10.4. The molecule has 0 bridgehead atoms. The number of nitrogen functional groups attached to an aromatic ring is 1. The van der Waals surface area contributed by atoms with E-state index in [9.17, 15) is 9.50 Å². The number of rotatable bonds is 2. The van der Waals surface area contributed by atoms with Crippen molar-refractivity contribution in [3.05, 3.63) is 57.9 Å². The molecule has 0 atom stereocenters. The van der Waals surface area contributed by atoms with Crippen LogP contribution in [0.5, 0.6) is 5.75 Å². The molecule has 0 aliphatic carbocycles. The number of benzene rings is 2. The van der Waals surface area contributed by atoms with Crippen LogP contribution in [0.15, 0.2) is 52.9 Å². The van der Waals surface area contributed by atoms with Crippen molar-refractivity contribution in [2.24, 2.45) is 0 Å². The van der Waals surface area contributed by atoms with Crippen molar-refractivity contribution in [2.45, 2.75) is 0 Å². The fourth-order valence-electron chi connectivity index (χ4n) is 2.18. The van der Waals surface area contributed by atoms with Gasteiger partial charge in [0.2, 0.25) is 5.88 Å². The Labute approximate surface area is 134 Å². The van der Waals surface area contributed by atoms with Gasteiger partial charge in [0.05, 0.1) is 9.13 Å². The average Bonchev–Trinajstić information content (AvgIpc) is 2.78. The van der Waals surface area contributed by atoms with E-state index >= 15 is 0 Å². The first-order chi connectivity index (χ1) is 10.1. The van der Waals surface area contributed by atoms with E-state index in [1.807, 2.05) is 40.8 Å². The molecule has 0 fully saturated rings. The predicted molar refractivity (Wildman–Crippen MR) is 88.3 cm³/mol. The highest BCUT2D eigenvalue weighted by atomic mass is 127. The lowest BCUT2D eigenvalue weighted by molar-refractivity contribution is 0.467. The Kier molecular flexibility index (Phi) is 3.59. The van der Waals surface area contributed by atoms with Gasteiger partial charge in [0, 0.05) is 11.1 Å². The standard InChI is InChI=1S/C16H11FINO2/c17-11-8-4-7-10(13(11)18)12-14(20)15(21-16(12)19)9-5-2-1-3-6-9/h1-8,20H,19H2. The highest BCUT2D eigenvalue weighted by Gasteiger charge is 2.23. The number of anilines is 1. The lowest BCUT2D eigenvalue weighted by atomic mass is 10.0. The Morgan fingerprint density at radius 2 is 1.76 bits per heavy atom. The van der Waals surface area contributed by atoms with Gasteiger partial charge in [0.25, 0.3) is 0 Å². The molecule has 0 spiro atoms. The van der Waals surface area contributed by atoms with Crippen LogP contribution in [0.2, 0.25) is 0 Å². The molecular formula is C16H11FINO2. The van der Waals surface area contributed by atoms with Gasteiger partial charge in [-0.05, 0) is 28.7 Å². The number of nitrogens with two attached hydrogens (primary N) is 1. The quantitative estimate of drug-likeness (QED) is 0.622. The Bertz CT molecular complexity index is 800. The van der Waals surface area contributed by atoms with Crippen LogP contribution in [-0.4, -0.2) is 5.11 Å². The molecule has 0 radical (unpaired) electrons. The zero-order valence-corrected chi connectivity index (χ0v) is 13.0. The second-order valence-electron chi connectivity index (χ2n) is 4.49. The largest absolute Gasteiger partial charge is 0.504 e. The Morgan fingerprint density at radius 3 is 2.48 bits per heavy atom. The van der Waals surface area contributed by atoms with Crippen molar-refractivity contribution in [1.29, 1.82) is 0 Å². The summed E-state index contributed by atoms with van der Waals surface area (Å²) in [6, 6.07) is 13.8. The van der Waals surface area contributed by atoms with Gasteiger partial charge in [0.1, 0.15) is 5.82 Å². The van der Waals surface area contributed by atoms with Crippen LogP contribution in [0.1, 0.15) is 0 Å². The van der Waals surface area contributed by atoms with Crippen molar-refractivity contribution in [1.82, 2.24) is 0 Å². The van der Waals surface area contributed by atoms with Crippen LogP contribution in [0.4, 0.5) is 10.3 Å². The molecule has 0 unspecified atom stereocenters. The topological polar surface area (TPSA) is 59.4 Å². The minimum atomic E-state index is -0.366. The molecule has 0 aliphatic rings. The smallest absolute Gasteiger partial charge is 0.202 e. The Morgan fingerprint density at radius 1 is 1.05 bits per heavy atom. The van der Waals surface area contributed by atoms with Crippen LogP contribution in [0.3, 0.4) is 0 Å². The molecule has 1 heterocycles. The van der Waals surface area contributed by atoms with E-state index in [4.69, 9.17) is 10.2 Å². The normalized spacial score (nSPS) is 10.8. The number of halogens is 2. The third kappa shape index (κ3) is 2.37. The molecule has 106 valence electrons. The van der Waals surface area contributed by atoms with Crippen LogP contribution in [0, 0.1) is 9.39 Å². The summed E-state index contributed by atoms with van der Waals surface area (Å²) in [5.74, 6) is -0.102. The minimum Gasteiger partial charge on any atom is -0.504 e. The highest BCUT2D eigenvalue weighted by Crippen LogP contribution is 2.46. The molecule has 3 aromatic rings. The van der Waals surface area contributed by atoms with Gasteiger partial charge in [-0.15, -0.1) is 0 Å². The summed E-state index contributed by atoms with van der Waals surface area (Å²) in [5.41, 5.74) is 7.41. The SMILES string of the molecule is Nc1oc(-c2ccccc2)c(O)c1-c1cccc(F)c1I. The molecule has 3 nitrogen and oxygen atoms in total. The number of furan rings is 1. The number of hydrogen-bond acceptors (Lipinski definition) is 3. The molecule has 2 aromatic carbocycles. The first-order valence-electron chi connectivity index (χ1n) is 6.20. The summed E-state index contributed by atoms with van der Waals surface area (Å²) >= 11 is 1.88. The Hall–Kier alpha value is -2.02. The predicted octanol–water partition coefficient (Wildman–Crippen LogP) is 4.65. The van der Waals surface area contributed by atoms with Crippen molar-refractivity contribution >= 4 is 28.5 Å². The summed E-state index contributed by atoms with van der Waals surface area (Å²) < 4.78 is 19.6. The summed E-state index contributed by atoms with van der Waals surface area (Å²) in [6.07, 6.45) is 0. The van der Waals surface area contributed by atoms with Gasteiger partial charge in [-0.25, -0.2) is 4.39 Å². The van der Waals surface area contributed by atoms with Crippen molar-refractivity contribution < 1.29 is 13.9 Å². The first kappa shape index (κ1) is 13.9. The molecule has 1 aromatic heterocycles. The highest BCUT2D eigenvalue weighted by molar-refractivity contribution is 14.1. The second-order valence-corrected chi connectivity index (χ2v) is 5.57. The van der Waals surface area contributed by atoms with E-state index in [-0.39, 0.29) is 23.2 Å². The van der Waals surface area contributed by atoms with Gasteiger partial charge in [0.15, 0.2) is 11.5 Å². The number of aromatic hydroxyl groups is 1. The van der Waals surface area contributed by atoms with Crippen LogP contribution in [-0.2, 0) is 0 Å². The molecule has 5 heteroatoms. The molecule has 21 heavy (non-hydrogen) atoms. The molecular weight excluding hydrogens is 384 g/mol. The van der Waals surface area contributed by atoms with Crippen LogP contribution in [0.25, 0.3) is 22.5 Å². The monoisotopic (exact) mass is 395 g/mol. The Balaban J connectivity index is 2.22. The van der Waals surface area contributed by atoms with E-state index in [0.717, 1.165) is 0 Å². The molecule has 0 saturated carbocycles. The first-order valence-corrected chi connectivity index (χ1v) is 7.28. The zero-order chi connectivity index (χ0) is 15.0. The van der Waals surface area contributed by atoms with E-state index < -0.39 is 0 Å². The number of hydrogen-bond donors (Lipinski definition) is 2. The molecule has 3 rings (SSSR count). The maximum Gasteiger partial charge on any atom is 0.202 e. The molecule has 0 aliphatic heterocycles. The van der Waals surface area contributed by atoms with E-state index in [0.29, 0.717) is 20.3 Å². The second kappa shape index (κ2) is 5.40. The summed E-state index contributed by atoms with van der Waals surface area (Å²) in [6.45, 7) is 0. The van der Waals surface area contributed by atoms with Gasteiger partial charge < -0.3 is 15.3 Å². The maximum atomic E-state index is 13.7. The summed E-state index contributed by atoms with van der Waals surface area (Å²) in [4.78, 5) is 0. The van der Waals surface area contributed by atoms with E-state index in [1.165, 1.54) is 6.07 Å². The zero-order valence-electron chi connectivity index (χ0n) is 10.8. The van der Waals surface area contributed by atoms with E-state index in [2.05, 4.69) is 0 Å². The van der Waals surface area contributed by atoms with Gasteiger partial charge >= 0.3 is 0 Å². The van der Waals surface area contributed by atoms with Crippen LogP contribution >= 0.6 is 22.6 Å². The summed E-state index contributed by atoms with van der Waals surface area (Å²) in [7, 11) is 0. The fraction of sp³-hybridized carbons (Fsp3) is 0. The van der Waals surface area contributed by atoms with Crippen LogP contribution < -0.4 is 5.73 Å². The van der Waals surface area contributed by atoms with Gasteiger partial charge in [-0.1, -0.05) is 42.5 Å². The molecule has 0 saturated heterocycles. The third-order valence-corrected chi connectivity index (χ3v) is 4.26. The fourth-order valence-corrected chi connectivity index (χ4v) is 2.81. The third-order valence-electron chi connectivity index (χ3n) is 3.17. The van der Waals surface area contributed by atoms with E-state index in [1.54, 1.807) is 24.3 Å². The van der Waals surface area contributed by atoms with Crippen molar-refractivity contribution in [3.8, 4) is 28.2 Å². The average molecular weight is 395 g/mol. The van der Waals surface area contributed by atoms with Crippen molar-refractivity contribution in [2.75, 3.05) is 5.73 Å². The molecule has 3 N–H and O–H groups in total.